The van der Waals surface area contributed by atoms with Gasteiger partial charge < -0.3 is 10.2 Å². The summed E-state index contributed by atoms with van der Waals surface area (Å²) in [5.74, 6) is 0.568. The third kappa shape index (κ3) is 3.75. The van der Waals surface area contributed by atoms with E-state index >= 15 is 0 Å². The summed E-state index contributed by atoms with van der Waals surface area (Å²) in [6.45, 7) is 8.85. The Morgan fingerprint density at radius 1 is 0.654 bits per heavy atom. The van der Waals surface area contributed by atoms with Crippen molar-refractivity contribution in [3.05, 3.63) is 94.5 Å². The second-order valence-corrected chi connectivity index (χ2v) is 7.94. The van der Waals surface area contributed by atoms with Gasteiger partial charge >= 0.3 is 0 Å². The van der Waals surface area contributed by atoms with E-state index in [1.165, 1.54) is 16.7 Å². The van der Waals surface area contributed by atoms with Gasteiger partial charge in [-0.05, 0) is 64.4 Å². The zero-order chi connectivity index (χ0) is 18.9. The molecule has 3 rings (SSSR count). The molecule has 3 aromatic carbocycles. The summed E-state index contributed by atoms with van der Waals surface area (Å²) in [5, 5.41) is 19.3. The minimum absolute atomic E-state index is 0.0453. The summed E-state index contributed by atoms with van der Waals surface area (Å²) >= 11 is 0. The molecule has 0 amide bonds. The van der Waals surface area contributed by atoms with Crippen LogP contribution in [-0.2, 0) is 5.41 Å². The molecule has 0 spiro atoms. The van der Waals surface area contributed by atoms with E-state index in [2.05, 4.69) is 45.9 Å². The molecule has 0 aliphatic carbocycles. The Labute approximate surface area is 155 Å². The third-order valence-electron chi connectivity index (χ3n) is 4.84. The van der Waals surface area contributed by atoms with E-state index in [1.54, 1.807) is 24.3 Å². The molecule has 2 heteroatoms. The van der Waals surface area contributed by atoms with Crippen molar-refractivity contribution < 1.29 is 10.2 Å². The van der Waals surface area contributed by atoms with E-state index in [0.29, 0.717) is 0 Å². The van der Waals surface area contributed by atoms with Gasteiger partial charge in [-0.3, -0.25) is 0 Å². The van der Waals surface area contributed by atoms with Gasteiger partial charge in [-0.1, -0.05) is 63.2 Å². The molecule has 3 aromatic rings. The molecular weight excluding hydrogens is 320 g/mol. The molecule has 0 aliphatic rings. The van der Waals surface area contributed by atoms with Crippen LogP contribution in [0.4, 0.5) is 0 Å². The Morgan fingerprint density at radius 2 is 1.08 bits per heavy atom. The van der Waals surface area contributed by atoms with Gasteiger partial charge in [0.15, 0.2) is 0 Å². The van der Waals surface area contributed by atoms with Gasteiger partial charge in [-0.25, -0.2) is 0 Å². The van der Waals surface area contributed by atoms with E-state index in [-0.39, 0.29) is 22.8 Å². The maximum absolute atomic E-state index is 9.65. The van der Waals surface area contributed by atoms with Gasteiger partial charge in [0.05, 0.1) is 0 Å². The minimum atomic E-state index is 0.0453. The summed E-state index contributed by atoms with van der Waals surface area (Å²) in [5.41, 5.74) is 6.14. The number of phenols is 2. The lowest BCUT2D eigenvalue weighted by Gasteiger charge is -2.25. The van der Waals surface area contributed by atoms with E-state index in [9.17, 15) is 10.2 Å². The fourth-order valence-electron chi connectivity index (χ4n) is 3.62. The summed E-state index contributed by atoms with van der Waals surface area (Å²) in [6, 6.07) is 21.4. The first-order valence-electron chi connectivity index (χ1n) is 8.94. The number of aryl methyl sites for hydroxylation is 1. The molecule has 0 heterocycles. The number of aromatic hydroxyl groups is 2. The molecule has 2 N–H and O–H groups in total. The van der Waals surface area contributed by atoms with Crippen LogP contribution in [0.5, 0.6) is 11.5 Å². The maximum atomic E-state index is 9.65. The smallest absolute Gasteiger partial charge is 0.115 e. The van der Waals surface area contributed by atoms with Crippen molar-refractivity contribution in [3.8, 4) is 11.5 Å². The number of hydrogen-bond donors (Lipinski definition) is 2. The van der Waals surface area contributed by atoms with Crippen molar-refractivity contribution in [1.29, 1.82) is 0 Å². The van der Waals surface area contributed by atoms with Crippen molar-refractivity contribution in [2.75, 3.05) is 0 Å². The maximum Gasteiger partial charge on any atom is 0.115 e. The highest BCUT2D eigenvalue weighted by Gasteiger charge is 2.21. The first-order valence-corrected chi connectivity index (χ1v) is 8.94. The van der Waals surface area contributed by atoms with Crippen LogP contribution in [0.3, 0.4) is 0 Å². The van der Waals surface area contributed by atoms with E-state index in [1.807, 2.05) is 24.3 Å². The Balaban J connectivity index is 2.13. The lowest BCUT2D eigenvalue weighted by Crippen LogP contribution is -2.14. The van der Waals surface area contributed by atoms with Gasteiger partial charge in [0.2, 0.25) is 0 Å². The quantitative estimate of drug-likeness (QED) is 0.581. The fraction of sp³-hybridized carbons (Fsp3) is 0.250. The predicted molar refractivity (Wildman–Crippen MR) is 107 cm³/mol. The molecule has 2 nitrogen and oxygen atoms in total. The standard InChI is InChI=1S/C24H26O2/c1-16-15-19(9-14-22(16)24(2,3)4)23(17-5-10-20(25)11-6-17)18-7-12-21(26)13-8-18/h5-15,23,25-26H,1-4H3. The van der Waals surface area contributed by atoms with Crippen molar-refractivity contribution in [2.24, 2.45) is 0 Å². The van der Waals surface area contributed by atoms with Crippen molar-refractivity contribution >= 4 is 0 Å². The molecule has 0 saturated heterocycles. The van der Waals surface area contributed by atoms with Gasteiger partial charge in [0, 0.05) is 5.92 Å². The molecule has 0 bridgehead atoms. The van der Waals surface area contributed by atoms with Gasteiger partial charge in [-0.2, -0.15) is 0 Å². The summed E-state index contributed by atoms with van der Waals surface area (Å²) in [7, 11) is 0. The zero-order valence-corrected chi connectivity index (χ0v) is 15.8. The molecule has 0 unspecified atom stereocenters. The number of benzene rings is 3. The van der Waals surface area contributed by atoms with Crippen molar-refractivity contribution in [3.63, 3.8) is 0 Å². The molecular formula is C24H26O2. The molecule has 0 aliphatic heterocycles. The molecule has 0 fully saturated rings. The highest BCUT2D eigenvalue weighted by atomic mass is 16.3. The van der Waals surface area contributed by atoms with Crippen LogP contribution in [0.15, 0.2) is 66.7 Å². The number of rotatable bonds is 3. The van der Waals surface area contributed by atoms with E-state index in [4.69, 9.17) is 0 Å². The molecule has 26 heavy (non-hydrogen) atoms. The second kappa shape index (κ2) is 6.87. The zero-order valence-electron chi connectivity index (χ0n) is 15.8. The van der Waals surface area contributed by atoms with Gasteiger partial charge in [-0.15, -0.1) is 0 Å². The number of hydrogen-bond acceptors (Lipinski definition) is 2. The fourth-order valence-corrected chi connectivity index (χ4v) is 3.62. The van der Waals surface area contributed by atoms with Gasteiger partial charge in [0.25, 0.3) is 0 Å². The molecule has 0 aromatic heterocycles. The lowest BCUT2D eigenvalue weighted by molar-refractivity contribution is 0.475. The van der Waals surface area contributed by atoms with Crippen LogP contribution in [0, 0.1) is 6.92 Å². The molecule has 0 atom stereocenters. The molecule has 134 valence electrons. The third-order valence-corrected chi connectivity index (χ3v) is 4.84. The summed E-state index contributed by atoms with van der Waals surface area (Å²) in [6.07, 6.45) is 0. The average molecular weight is 346 g/mol. The molecule has 0 radical (unpaired) electrons. The Bertz CT molecular complexity index is 839. The van der Waals surface area contributed by atoms with Crippen LogP contribution < -0.4 is 0 Å². The van der Waals surface area contributed by atoms with Gasteiger partial charge in [0.1, 0.15) is 11.5 Å². The van der Waals surface area contributed by atoms with Crippen LogP contribution in [0.2, 0.25) is 0 Å². The largest absolute Gasteiger partial charge is 0.508 e. The first-order chi connectivity index (χ1) is 12.3. The minimum Gasteiger partial charge on any atom is -0.508 e. The van der Waals surface area contributed by atoms with Crippen LogP contribution in [0.1, 0.15) is 54.5 Å². The summed E-state index contributed by atoms with van der Waals surface area (Å²) in [4.78, 5) is 0. The Morgan fingerprint density at radius 3 is 1.46 bits per heavy atom. The lowest BCUT2D eigenvalue weighted by atomic mass is 9.80. The molecule has 0 saturated carbocycles. The highest BCUT2D eigenvalue weighted by Crippen LogP contribution is 2.36. The monoisotopic (exact) mass is 346 g/mol. The normalized spacial score (nSPS) is 11.7. The van der Waals surface area contributed by atoms with Crippen molar-refractivity contribution in [2.45, 2.75) is 39.0 Å². The van der Waals surface area contributed by atoms with Crippen molar-refractivity contribution in [1.82, 2.24) is 0 Å². The average Bonchev–Trinajstić information content (AvgIpc) is 2.57. The predicted octanol–water partition coefficient (Wildman–Crippen LogP) is 5.88. The highest BCUT2D eigenvalue weighted by molar-refractivity contribution is 5.48. The second-order valence-electron chi connectivity index (χ2n) is 7.94. The van der Waals surface area contributed by atoms with Crippen LogP contribution in [-0.4, -0.2) is 10.2 Å². The number of phenolic OH excluding ortho intramolecular Hbond substituents is 2. The van der Waals surface area contributed by atoms with Crippen LogP contribution in [0.25, 0.3) is 0 Å². The first kappa shape index (κ1) is 18.1. The van der Waals surface area contributed by atoms with E-state index < -0.39 is 0 Å². The Kier molecular flexibility index (Phi) is 4.78. The topological polar surface area (TPSA) is 40.5 Å². The van der Waals surface area contributed by atoms with Crippen LogP contribution >= 0.6 is 0 Å². The summed E-state index contributed by atoms with van der Waals surface area (Å²) < 4.78 is 0. The SMILES string of the molecule is Cc1cc(C(c2ccc(O)cc2)c2ccc(O)cc2)ccc1C(C)(C)C. The van der Waals surface area contributed by atoms with E-state index in [0.717, 1.165) is 11.1 Å². The Hall–Kier alpha value is -2.74.